The third-order valence-corrected chi connectivity index (χ3v) is 9.48. The quantitative estimate of drug-likeness (QED) is 0.323. The number of amides is 1. The van der Waals surface area contributed by atoms with E-state index < -0.39 is 5.92 Å². The largest absolute Gasteiger partial charge is 0.350 e. The summed E-state index contributed by atoms with van der Waals surface area (Å²) >= 11 is 0. The summed E-state index contributed by atoms with van der Waals surface area (Å²) in [7, 11) is 0. The fourth-order valence-electron chi connectivity index (χ4n) is 6.80. The fraction of sp³-hybridized carbons (Fsp3) is 0.394. The minimum Gasteiger partial charge on any atom is -0.350 e. The Morgan fingerprint density at radius 3 is 2.68 bits per heavy atom. The number of aromatic amines is 1. The molecule has 41 heavy (non-hydrogen) atoms. The molecular weight excluding hydrogens is 517 g/mol. The van der Waals surface area contributed by atoms with Crippen LogP contribution < -0.4 is 10.6 Å². The number of hydrogen-bond acceptors (Lipinski definition) is 5. The molecule has 1 unspecified atom stereocenters. The van der Waals surface area contributed by atoms with Crippen LogP contribution in [0.4, 0.5) is 10.2 Å². The van der Waals surface area contributed by atoms with Crippen molar-refractivity contribution < 1.29 is 14.0 Å². The highest BCUT2D eigenvalue weighted by atomic mass is 19.1. The number of fused-ring (bicyclic) bond motifs is 1. The number of H-pyrrole nitrogens is 1. The van der Waals surface area contributed by atoms with Gasteiger partial charge in [0.25, 0.3) is 5.91 Å². The van der Waals surface area contributed by atoms with Gasteiger partial charge >= 0.3 is 0 Å². The zero-order valence-corrected chi connectivity index (χ0v) is 23.2. The second kappa shape index (κ2) is 9.79. The topological polar surface area (TPSA) is 99.8 Å². The molecule has 3 aliphatic carbocycles. The highest BCUT2D eigenvalue weighted by Gasteiger charge is 2.46. The van der Waals surface area contributed by atoms with Crippen molar-refractivity contribution in [3.8, 4) is 11.1 Å². The number of halogens is 1. The lowest BCUT2D eigenvalue weighted by molar-refractivity contribution is -0.118. The lowest BCUT2D eigenvalue weighted by Gasteiger charge is -2.39. The SMILES string of the molecule is CC1(CNC(=O)c2n[nH]c3c2C(/C=C/c2ccc(-c4cccc(F)c4)cn2)C2=C(CC4(CCCC4)CC2=O)N3)CC1. The number of hydrogen-bond donors (Lipinski definition) is 3. The van der Waals surface area contributed by atoms with Crippen LogP contribution in [0.1, 0.15) is 86.0 Å². The fourth-order valence-corrected chi connectivity index (χ4v) is 6.80. The van der Waals surface area contributed by atoms with Gasteiger partial charge in [0, 0.05) is 47.5 Å². The average Bonchev–Trinajstić information content (AvgIpc) is 3.32. The van der Waals surface area contributed by atoms with Crippen molar-refractivity contribution in [3.63, 3.8) is 0 Å². The van der Waals surface area contributed by atoms with E-state index in [2.05, 4.69) is 32.7 Å². The molecule has 3 heterocycles. The van der Waals surface area contributed by atoms with Crippen LogP contribution in [0.2, 0.25) is 0 Å². The predicted octanol–water partition coefficient (Wildman–Crippen LogP) is 6.54. The minimum atomic E-state index is -0.423. The van der Waals surface area contributed by atoms with Gasteiger partial charge in [-0.2, -0.15) is 5.10 Å². The number of anilines is 1. The number of ketones is 1. The summed E-state index contributed by atoms with van der Waals surface area (Å²) < 4.78 is 13.7. The van der Waals surface area contributed by atoms with Crippen molar-refractivity contribution in [1.82, 2.24) is 20.5 Å². The second-order valence-electron chi connectivity index (χ2n) is 12.7. The Balaban J connectivity index is 1.23. The number of pyridine rings is 1. The van der Waals surface area contributed by atoms with Gasteiger partial charge in [-0.25, -0.2) is 4.39 Å². The van der Waals surface area contributed by atoms with Crippen LogP contribution in [0.15, 0.2) is 59.9 Å². The van der Waals surface area contributed by atoms with Crippen LogP contribution in [-0.2, 0) is 4.79 Å². The third-order valence-electron chi connectivity index (χ3n) is 9.48. The number of carbonyl (C=O) groups is 2. The molecule has 7 nitrogen and oxygen atoms in total. The summed E-state index contributed by atoms with van der Waals surface area (Å²) in [5.41, 5.74) is 5.17. The van der Waals surface area contributed by atoms with Crippen molar-refractivity contribution in [1.29, 1.82) is 0 Å². The lowest BCUT2D eigenvalue weighted by atomic mass is 9.67. The van der Waals surface area contributed by atoms with Gasteiger partial charge in [0.05, 0.1) is 5.69 Å². The Labute approximate surface area is 238 Å². The molecule has 3 aromatic rings. The molecule has 2 aromatic heterocycles. The molecule has 1 aromatic carbocycles. The van der Waals surface area contributed by atoms with Gasteiger partial charge in [-0.05, 0) is 72.8 Å². The lowest BCUT2D eigenvalue weighted by Crippen LogP contribution is -2.35. The van der Waals surface area contributed by atoms with Gasteiger partial charge in [-0.3, -0.25) is 19.7 Å². The van der Waals surface area contributed by atoms with Crippen LogP contribution in [0.5, 0.6) is 0 Å². The number of aromatic nitrogens is 3. The van der Waals surface area contributed by atoms with E-state index in [4.69, 9.17) is 0 Å². The molecule has 4 aliphatic rings. The van der Waals surface area contributed by atoms with Gasteiger partial charge in [0.15, 0.2) is 11.5 Å². The molecular formula is C33H34FN5O2. The molecule has 210 valence electrons. The zero-order valence-electron chi connectivity index (χ0n) is 23.2. The molecule has 2 saturated carbocycles. The van der Waals surface area contributed by atoms with Gasteiger partial charge in [-0.15, -0.1) is 0 Å². The number of carbonyl (C=O) groups excluding carboxylic acids is 2. The molecule has 1 aliphatic heterocycles. The van der Waals surface area contributed by atoms with Gasteiger partial charge < -0.3 is 10.6 Å². The number of allylic oxidation sites excluding steroid dienone is 3. The first-order valence-corrected chi connectivity index (χ1v) is 14.6. The number of Topliss-reactive ketones (excluding diaryl/α,β-unsaturated/α-hetero) is 1. The van der Waals surface area contributed by atoms with Crippen LogP contribution in [0.25, 0.3) is 17.2 Å². The van der Waals surface area contributed by atoms with Crippen molar-refractivity contribution in [2.45, 2.75) is 64.2 Å². The van der Waals surface area contributed by atoms with Gasteiger partial charge in [0.2, 0.25) is 0 Å². The Morgan fingerprint density at radius 1 is 1.12 bits per heavy atom. The van der Waals surface area contributed by atoms with E-state index in [1.165, 1.54) is 12.1 Å². The average molecular weight is 552 g/mol. The second-order valence-corrected chi connectivity index (χ2v) is 12.7. The van der Waals surface area contributed by atoms with Gasteiger partial charge in [-0.1, -0.05) is 44.0 Å². The van der Waals surface area contributed by atoms with Crippen LogP contribution in [-0.4, -0.2) is 33.4 Å². The Kier molecular flexibility index (Phi) is 6.17. The highest BCUT2D eigenvalue weighted by molar-refractivity contribution is 6.03. The summed E-state index contributed by atoms with van der Waals surface area (Å²) in [5.74, 6) is -0.118. The molecule has 1 atom stereocenters. The Morgan fingerprint density at radius 2 is 1.95 bits per heavy atom. The first kappa shape index (κ1) is 25.9. The molecule has 0 bridgehead atoms. The van der Waals surface area contributed by atoms with E-state index >= 15 is 0 Å². The predicted molar refractivity (Wildman–Crippen MR) is 155 cm³/mol. The van der Waals surface area contributed by atoms with Crippen molar-refractivity contribution in [3.05, 3.63) is 82.7 Å². The Hall–Kier alpha value is -4.07. The number of nitrogens with zero attached hydrogens (tertiary/aromatic N) is 2. The maximum atomic E-state index is 13.8. The van der Waals surface area contributed by atoms with Crippen molar-refractivity contribution in [2.75, 3.05) is 11.9 Å². The summed E-state index contributed by atoms with van der Waals surface area (Å²) in [6.07, 6.45) is 13.6. The molecule has 1 spiro atoms. The standard InChI is InChI=1S/C33H34FN5O2/c1-32(13-14-32)19-36-31(41)29-28-24(10-9-23-8-7-21(18-35-23)20-5-4-6-22(34)15-20)27-25(37-30(28)39-38-29)16-33(17-26(27)40)11-2-3-12-33/h4-10,15,18,24H,2-3,11-14,16-17,19H2,1H3,(H,36,41)(H2,37,38,39)/b10-9+. The summed E-state index contributed by atoms with van der Waals surface area (Å²) in [4.78, 5) is 31.7. The maximum Gasteiger partial charge on any atom is 0.272 e. The van der Waals surface area contributed by atoms with E-state index in [0.29, 0.717) is 35.7 Å². The van der Waals surface area contributed by atoms with E-state index in [-0.39, 0.29) is 28.3 Å². The van der Waals surface area contributed by atoms with E-state index in [0.717, 1.165) is 67.3 Å². The van der Waals surface area contributed by atoms with Crippen molar-refractivity contribution >= 4 is 23.6 Å². The molecule has 8 heteroatoms. The highest BCUT2D eigenvalue weighted by Crippen LogP contribution is 2.54. The molecule has 1 amide bonds. The summed E-state index contributed by atoms with van der Waals surface area (Å²) in [5, 5.41) is 14.0. The molecule has 0 radical (unpaired) electrons. The molecule has 0 saturated heterocycles. The van der Waals surface area contributed by atoms with E-state index in [1.54, 1.807) is 12.3 Å². The smallest absolute Gasteiger partial charge is 0.272 e. The summed E-state index contributed by atoms with van der Waals surface area (Å²) in [6.45, 7) is 2.78. The van der Waals surface area contributed by atoms with Crippen molar-refractivity contribution in [2.24, 2.45) is 10.8 Å². The van der Waals surface area contributed by atoms with Gasteiger partial charge in [0.1, 0.15) is 11.6 Å². The molecule has 3 N–H and O–H groups in total. The first-order valence-electron chi connectivity index (χ1n) is 14.6. The minimum absolute atomic E-state index is 0.0307. The number of rotatable bonds is 6. The Bertz CT molecular complexity index is 1590. The van der Waals surface area contributed by atoms with E-state index in [1.807, 2.05) is 30.4 Å². The van der Waals surface area contributed by atoms with Crippen LogP contribution >= 0.6 is 0 Å². The zero-order chi connectivity index (χ0) is 28.2. The molecule has 2 fully saturated rings. The maximum absolute atomic E-state index is 13.8. The normalized spacial score (nSPS) is 22.0. The van der Waals surface area contributed by atoms with Crippen LogP contribution in [0.3, 0.4) is 0 Å². The summed E-state index contributed by atoms with van der Waals surface area (Å²) in [6, 6.07) is 10.2. The number of benzene rings is 1. The number of nitrogens with one attached hydrogen (secondary N) is 3. The monoisotopic (exact) mass is 551 g/mol. The van der Waals surface area contributed by atoms with Crippen LogP contribution in [0, 0.1) is 16.6 Å². The van der Waals surface area contributed by atoms with E-state index in [9.17, 15) is 14.0 Å². The first-order chi connectivity index (χ1) is 19.8. The molecule has 7 rings (SSSR count). The third kappa shape index (κ3) is 4.89.